The van der Waals surface area contributed by atoms with Crippen molar-refractivity contribution < 1.29 is 14.2 Å². The van der Waals surface area contributed by atoms with Crippen molar-refractivity contribution >= 4 is 17.8 Å². The van der Waals surface area contributed by atoms with Crippen LogP contribution in [0.25, 0.3) is 0 Å². The van der Waals surface area contributed by atoms with Gasteiger partial charge in [-0.2, -0.15) is 0 Å². The molecule has 0 radical (unpaired) electrons. The second-order valence-electron chi connectivity index (χ2n) is 3.81. The molecule has 0 fully saturated rings. The summed E-state index contributed by atoms with van der Waals surface area (Å²) in [6.45, 7) is 0. The Labute approximate surface area is 110 Å². The Kier molecular flexibility index (Phi) is 3.65. The van der Waals surface area contributed by atoms with E-state index in [4.69, 9.17) is 11.9 Å². The molecule has 0 unspecified atom stereocenters. The standard InChI is InChI=1S/C14H11ClO3/c15-18-13(16)14(17,11-7-3-1-4-8-11)12-9-5-2-6-10-12/h1-10,17H. The van der Waals surface area contributed by atoms with Gasteiger partial charge in [0.1, 0.15) is 11.9 Å². The van der Waals surface area contributed by atoms with Gasteiger partial charge in [0.05, 0.1) is 0 Å². The SMILES string of the molecule is O=C(OCl)C(O)(c1ccccc1)c1ccccc1. The number of carbonyl (C=O) groups excluding carboxylic acids is 1. The number of aliphatic hydroxyl groups is 1. The molecule has 0 spiro atoms. The number of benzene rings is 2. The minimum Gasteiger partial charge on any atom is -0.370 e. The lowest BCUT2D eigenvalue weighted by molar-refractivity contribution is -0.151. The lowest BCUT2D eigenvalue weighted by Gasteiger charge is -2.25. The lowest BCUT2D eigenvalue weighted by atomic mass is 9.86. The second-order valence-corrected chi connectivity index (χ2v) is 3.96. The minimum absolute atomic E-state index is 0.404. The summed E-state index contributed by atoms with van der Waals surface area (Å²) < 4.78 is 4.21. The van der Waals surface area contributed by atoms with Gasteiger partial charge in [0, 0.05) is 0 Å². The zero-order chi connectivity index (χ0) is 13.0. The molecule has 3 nitrogen and oxygen atoms in total. The Bertz CT molecular complexity index is 486. The van der Waals surface area contributed by atoms with Crippen LogP contribution in [-0.4, -0.2) is 11.1 Å². The Morgan fingerprint density at radius 1 is 0.944 bits per heavy atom. The van der Waals surface area contributed by atoms with Gasteiger partial charge >= 0.3 is 5.97 Å². The highest BCUT2D eigenvalue weighted by molar-refractivity contribution is 6.14. The van der Waals surface area contributed by atoms with Crippen molar-refractivity contribution in [3.63, 3.8) is 0 Å². The third-order valence-electron chi connectivity index (χ3n) is 2.75. The number of hydrogen-bond donors (Lipinski definition) is 1. The Hall–Kier alpha value is -1.84. The van der Waals surface area contributed by atoms with Crippen LogP contribution < -0.4 is 0 Å². The van der Waals surface area contributed by atoms with Crippen LogP contribution in [0.2, 0.25) is 0 Å². The Balaban J connectivity index is 2.59. The zero-order valence-electron chi connectivity index (χ0n) is 9.42. The van der Waals surface area contributed by atoms with E-state index in [9.17, 15) is 9.90 Å². The molecule has 0 aliphatic carbocycles. The summed E-state index contributed by atoms with van der Waals surface area (Å²) in [6, 6.07) is 17.1. The average Bonchev–Trinajstić information content (AvgIpc) is 2.47. The summed E-state index contributed by atoms with van der Waals surface area (Å²) in [6.07, 6.45) is 0. The van der Waals surface area contributed by atoms with Gasteiger partial charge in [0.2, 0.25) is 5.60 Å². The van der Waals surface area contributed by atoms with Crippen molar-refractivity contribution in [2.45, 2.75) is 5.60 Å². The molecular weight excluding hydrogens is 252 g/mol. The van der Waals surface area contributed by atoms with E-state index in [1.807, 2.05) is 0 Å². The average molecular weight is 263 g/mol. The summed E-state index contributed by atoms with van der Waals surface area (Å²) in [5.41, 5.74) is -1.09. The maximum absolute atomic E-state index is 11.8. The molecule has 0 saturated heterocycles. The first-order valence-corrected chi connectivity index (χ1v) is 5.67. The molecule has 0 aromatic heterocycles. The molecule has 0 aliphatic rings. The van der Waals surface area contributed by atoms with Gasteiger partial charge in [-0.05, 0) is 11.1 Å². The molecule has 2 aromatic rings. The van der Waals surface area contributed by atoms with Gasteiger partial charge in [-0.3, -0.25) is 0 Å². The van der Waals surface area contributed by atoms with Crippen LogP contribution >= 0.6 is 11.9 Å². The van der Waals surface area contributed by atoms with E-state index in [1.165, 1.54) is 0 Å². The summed E-state index contributed by atoms with van der Waals surface area (Å²) in [5, 5.41) is 10.7. The molecule has 0 atom stereocenters. The maximum Gasteiger partial charge on any atom is 0.365 e. The van der Waals surface area contributed by atoms with E-state index in [2.05, 4.69) is 4.29 Å². The third-order valence-corrected chi connectivity index (χ3v) is 2.89. The first-order chi connectivity index (χ1) is 8.69. The molecule has 1 N–H and O–H groups in total. The summed E-state index contributed by atoms with van der Waals surface area (Å²) in [5.74, 6) is -0.929. The van der Waals surface area contributed by atoms with Crippen LogP contribution in [0.5, 0.6) is 0 Å². The smallest absolute Gasteiger partial charge is 0.365 e. The molecule has 0 amide bonds. The number of rotatable bonds is 3. The molecule has 0 aliphatic heterocycles. The molecule has 18 heavy (non-hydrogen) atoms. The fourth-order valence-electron chi connectivity index (χ4n) is 1.82. The highest BCUT2D eigenvalue weighted by Gasteiger charge is 2.41. The minimum atomic E-state index is -1.90. The van der Waals surface area contributed by atoms with Crippen molar-refractivity contribution in [3.05, 3.63) is 71.8 Å². The van der Waals surface area contributed by atoms with E-state index >= 15 is 0 Å². The summed E-state index contributed by atoms with van der Waals surface area (Å²) >= 11 is 5.13. The molecule has 92 valence electrons. The maximum atomic E-state index is 11.8. The third kappa shape index (κ3) is 2.10. The van der Waals surface area contributed by atoms with Crippen LogP contribution in [-0.2, 0) is 14.7 Å². The van der Waals surface area contributed by atoms with Gasteiger partial charge in [-0.1, -0.05) is 60.7 Å². The molecule has 2 rings (SSSR count). The van der Waals surface area contributed by atoms with E-state index in [0.717, 1.165) is 0 Å². The lowest BCUT2D eigenvalue weighted by Crippen LogP contribution is -2.37. The first-order valence-electron chi connectivity index (χ1n) is 5.36. The molecule has 0 bridgehead atoms. The molecule has 2 aromatic carbocycles. The van der Waals surface area contributed by atoms with Crippen molar-refractivity contribution in [3.8, 4) is 0 Å². The topological polar surface area (TPSA) is 46.5 Å². The van der Waals surface area contributed by atoms with Gasteiger partial charge in [-0.25, -0.2) is 4.79 Å². The monoisotopic (exact) mass is 262 g/mol. The van der Waals surface area contributed by atoms with Gasteiger partial charge in [0.15, 0.2) is 0 Å². The number of halogens is 1. The van der Waals surface area contributed by atoms with Crippen LogP contribution in [0.3, 0.4) is 0 Å². The van der Waals surface area contributed by atoms with Crippen molar-refractivity contribution in [1.29, 1.82) is 0 Å². The molecular formula is C14H11ClO3. The number of carbonyl (C=O) groups is 1. The fraction of sp³-hybridized carbons (Fsp3) is 0.0714. The normalized spacial score (nSPS) is 11.0. The summed E-state index contributed by atoms with van der Waals surface area (Å²) in [7, 11) is 0. The van der Waals surface area contributed by atoms with Crippen LogP contribution in [0.15, 0.2) is 60.7 Å². The molecule has 0 saturated carbocycles. The van der Waals surface area contributed by atoms with Crippen LogP contribution in [0.1, 0.15) is 11.1 Å². The highest BCUT2D eigenvalue weighted by Crippen LogP contribution is 2.31. The predicted octanol–water partition coefficient (Wildman–Crippen LogP) is 2.62. The zero-order valence-corrected chi connectivity index (χ0v) is 10.2. The largest absolute Gasteiger partial charge is 0.370 e. The first kappa shape index (κ1) is 12.6. The van der Waals surface area contributed by atoms with E-state index < -0.39 is 11.6 Å². The number of hydrogen-bond acceptors (Lipinski definition) is 3. The van der Waals surface area contributed by atoms with Crippen LogP contribution in [0.4, 0.5) is 0 Å². The Morgan fingerprint density at radius 3 is 1.67 bits per heavy atom. The van der Waals surface area contributed by atoms with E-state index in [0.29, 0.717) is 11.1 Å². The summed E-state index contributed by atoms with van der Waals surface area (Å²) in [4.78, 5) is 11.8. The van der Waals surface area contributed by atoms with Crippen molar-refractivity contribution in [2.75, 3.05) is 0 Å². The fourth-order valence-corrected chi connectivity index (χ4v) is 1.93. The Morgan fingerprint density at radius 2 is 1.33 bits per heavy atom. The van der Waals surface area contributed by atoms with Gasteiger partial charge < -0.3 is 9.40 Å². The highest BCUT2D eigenvalue weighted by atomic mass is 35.5. The second kappa shape index (κ2) is 5.21. The van der Waals surface area contributed by atoms with Crippen molar-refractivity contribution in [2.24, 2.45) is 0 Å². The predicted molar refractivity (Wildman–Crippen MR) is 67.8 cm³/mol. The van der Waals surface area contributed by atoms with Crippen molar-refractivity contribution in [1.82, 2.24) is 0 Å². The quantitative estimate of drug-likeness (QED) is 0.925. The van der Waals surface area contributed by atoms with E-state index in [-0.39, 0.29) is 0 Å². The van der Waals surface area contributed by atoms with Crippen LogP contribution in [0, 0.1) is 0 Å². The van der Waals surface area contributed by atoms with Gasteiger partial charge in [0.25, 0.3) is 0 Å². The van der Waals surface area contributed by atoms with E-state index in [1.54, 1.807) is 60.7 Å². The molecule has 4 heteroatoms. The molecule has 0 heterocycles. The van der Waals surface area contributed by atoms with Gasteiger partial charge in [-0.15, -0.1) is 0 Å².